The highest BCUT2D eigenvalue weighted by Gasteiger charge is 2.31. The van der Waals surface area contributed by atoms with E-state index in [1.807, 2.05) is 66.9 Å². The predicted molar refractivity (Wildman–Crippen MR) is 196 cm³/mol. The minimum atomic E-state index is -1.21. The van der Waals surface area contributed by atoms with Crippen molar-refractivity contribution in [1.82, 2.24) is 15.3 Å². The minimum Gasteiger partial charge on any atom is -0.466 e. The molecule has 55 heavy (non-hydrogen) atoms. The van der Waals surface area contributed by atoms with Gasteiger partial charge in [-0.15, -0.1) is 0 Å². The van der Waals surface area contributed by atoms with Gasteiger partial charge in [0.05, 0.1) is 47.3 Å². The molecular weight excluding hydrogens is 719 g/mol. The summed E-state index contributed by atoms with van der Waals surface area (Å²) < 4.78 is 21.4. The molecule has 0 bridgehead atoms. The van der Waals surface area contributed by atoms with Gasteiger partial charge in [0, 0.05) is 23.5 Å². The molecule has 3 atom stereocenters. The number of para-hydroxylation sites is 1. The van der Waals surface area contributed by atoms with Gasteiger partial charge >= 0.3 is 5.97 Å². The van der Waals surface area contributed by atoms with Gasteiger partial charge in [-0.2, -0.15) is 0 Å². The molecule has 0 aliphatic carbocycles. The highest BCUT2D eigenvalue weighted by molar-refractivity contribution is 6.12. The summed E-state index contributed by atoms with van der Waals surface area (Å²) in [6, 6.07) is 24.6. The number of anilines is 1. The third kappa shape index (κ3) is 13.3. The van der Waals surface area contributed by atoms with Crippen LogP contribution in [0.3, 0.4) is 0 Å². The average molecular weight is 769 g/mol. The third-order valence-electron chi connectivity index (χ3n) is 8.72. The Morgan fingerprint density at radius 2 is 1.47 bits per heavy atom. The zero-order valence-electron chi connectivity index (χ0n) is 30.7. The zero-order valence-corrected chi connectivity index (χ0v) is 30.7. The number of nitrogens with zero attached hydrogens (tertiary/aromatic N) is 3. The molecule has 3 unspecified atom stereocenters. The van der Waals surface area contributed by atoms with Crippen molar-refractivity contribution in [2.45, 2.75) is 83.1 Å². The number of halogens is 1. The van der Waals surface area contributed by atoms with E-state index in [1.165, 1.54) is 12.1 Å². The molecule has 298 valence electrons. The molecule has 4 rings (SSSR count). The van der Waals surface area contributed by atoms with Crippen molar-refractivity contribution in [1.29, 1.82) is 0 Å². The van der Waals surface area contributed by atoms with E-state index < -0.39 is 47.5 Å². The van der Waals surface area contributed by atoms with Crippen LogP contribution in [0.4, 0.5) is 10.1 Å². The van der Waals surface area contributed by atoms with Crippen LogP contribution in [0.15, 0.2) is 84.9 Å². The van der Waals surface area contributed by atoms with Crippen LogP contribution in [0.25, 0.3) is 22.4 Å². The lowest BCUT2D eigenvalue weighted by atomic mass is 9.94. The Hall–Kier alpha value is -4.59. The molecule has 1 heterocycles. The lowest BCUT2D eigenvalue weighted by Crippen LogP contribution is -2.31. The first kappa shape index (κ1) is 43.1. The number of unbranched alkanes of at least 4 members (excludes halogenated alkanes) is 1. The fourth-order valence-corrected chi connectivity index (χ4v) is 6.36. The first-order valence-corrected chi connectivity index (χ1v) is 17.9. The fraction of sp³-hybridized carbons (Fsp3) is 0.385. The molecule has 0 aliphatic rings. The number of esters is 1. The van der Waals surface area contributed by atoms with Gasteiger partial charge in [-0.3, -0.25) is 30.4 Å². The van der Waals surface area contributed by atoms with Gasteiger partial charge in [0.15, 0.2) is 0 Å². The van der Waals surface area contributed by atoms with Gasteiger partial charge in [-0.25, -0.2) is 14.1 Å². The summed E-state index contributed by atoms with van der Waals surface area (Å²) in [5.74, 6) is -1.59. The number of aromatic nitrogens is 1. The summed E-state index contributed by atoms with van der Waals surface area (Å²) >= 11 is 0. The zero-order chi connectivity index (χ0) is 39.9. The number of carbonyl (C=O) groups excluding carboxylic acids is 2. The Morgan fingerprint density at radius 3 is 2.09 bits per heavy atom. The first-order chi connectivity index (χ1) is 26.3. The van der Waals surface area contributed by atoms with Gasteiger partial charge in [-0.1, -0.05) is 62.4 Å². The Kier molecular flexibility index (Phi) is 16.9. The van der Waals surface area contributed by atoms with Gasteiger partial charge in [0.25, 0.3) is 5.91 Å². The molecule has 0 fully saturated rings. The first-order valence-electron chi connectivity index (χ1n) is 17.9. The van der Waals surface area contributed by atoms with E-state index in [4.69, 9.17) is 25.6 Å². The number of nitrogens with one attached hydrogen (secondary N) is 1. The van der Waals surface area contributed by atoms with Crippen molar-refractivity contribution in [2.75, 3.05) is 18.5 Å². The molecule has 0 saturated carbocycles. The standard InChI is InChI=1S/C39H49FN4O11/c1-26(2)37-36(39(48)41-30-13-7-4-8-14-30)35(27-11-5-3-6-12-27)38(28-16-18-29(40)19-17-28)42(37)21-20-31(45)23-32(46)24-34(47)53-22-10-9-15-33(55-44(51)52)25-54-43(49)50/h3-8,11-14,16-19,26,31-33,45-46,49-52H,9-10,15,20-25H2,1-2H3,(H,41,48). The lowest BCUT2D eigenvalue weighted by Gasteiger charge is -2.20. The smallest absolute Gasteiger partial charge is 0.308 e. The van der Waals surface area contributed by atoms with Crippen molar-refractivity contribution in [2.24, 2.45) is 0 Å². The van der Waals surface area contributed by atoms with Crippen molar-refractivity contribution >= 4 is 17.6 Å². The summed E-state index contributed by atoms with van der Waals surface area (Å²) in [7, 11) is 0. The lowest BCUT2D eigenvalue weighted by molar-refractivity contribution is -0.527. The quantitative estimate of drug-likeness (QED) is 0.0265. The summed E-state index contributed by atoms with van der Waals surface area (Å²) in [6.45, 7) is 3.73. The second kappa shape index (κ2) is 21.5. The summed E-state index contributed by atoms with van der Waals surface area (Å²) in [5.41, 5.74) is 4.54. The molecule has 1 aromatic heterocycles. The Balaban J connectivity index is 1.48. The van der Waals surface area contributed by atoms with Crippen LogP contribution in [-0.2, 0) is 25.8 Å². The monoisotopic (exact) mass is 768 g/mol. The van der Waals surface area contributed by atoms with Crippen molar-refractivity contribution in [3.63, 3.8) is 0 Å². The second-order valence-electron chi connectivity index (χ2n) is 13.3. The number of hydrogen-bond donors (Lipinski definition) is 7. The van der Waals surface area contributed by atoms with Gasteiger partial charge in [-0.05, 0) is 85.5 Å². The number of hydrogen-bond acceptors (Lipinski definition) is 13. The Morgan fingerprint density at radius 1 is 0.818 bits per heavy atom. The largest absolute Gasteiger partial charge is 0.466 e. The van der Waals surface area contributed by atoms with E-state index in [2.05, 4.69) is 15.0 Å². The van der Waals surface area contributed by atoms with E-state index >= 15 is 0 Å². The average Bonchev–Trinajstić information content (AvgIpc) is 3.49. The molecule has 15 nitrogen and oxygen atoms in total. The summed E-state index contributed by atoms with van der Waals surface area (Å²) in [6.07, 6.45) is -2.69. The molecule has 1 amide bonds. The van der Waals surface area contributed by atoms with Gasteiger partial charge < -0.3 is 24.8 Å². The number of benzene rings is 3. The number of rotatable bonds is 22. The maximum atomic E-state index is 14.2. The number of ether oxygens (including phenoxy) is 1. The molecule has 0 spiro atoms. The minimum absolute atomic E-state index is 0.0164. The van der Waals surface area contributed by atoms with Gasteiger partial charge in [0.2, 0.25) is 0 Å². The number of carbonyl (C=O) groups is 2. The van der Waals surface area contributed by atoms with E-state index in [0.717, 1.165) is 5.56 Å². The van der Waals surface area contributed by atoms with Crippen LogP contribution in [0, 0.1) is 5.82 Å². The molecule has 4 aromatic rings. The number of amides is 1. The highest BCUT2D eigenvalue weighted by Crippen LogP contribution is 2.42. The molecule has 0 saturated heterocycles. The van der Waals surface area contributed by atoms with Crippen LogP contribution in [0.2, 0.25) is 0 Å². The molecule has 16 heteroatoms. The van der Waals surface area contributed by atoms with Crippen LogP contribution < -0.4 is 5.32 Å². The number of aliphatic hydroxyl groups excluding tert-OH is 2. The second-order valence-corrected chi connectivity index (χ2v) is 13.3. The van der Waals surface area contributed by atoms with E-state index in [9.17, 15) is 24.2 Å². The van der Waals surface area contributed by atoms with Crippen LogP contribution in [-0.4, -0.2) is 89.8 Å². The Bertz CT molecular complexity index is 1770. The molecule has 7 N–H and O–H groups in total. The predicted octanol–water partition coefficient (Wildman–Crippen LogP) is 6.34. The van der Waals surface area contributed by atoms with E-state index in [0.29, 0.717) is 46.6 Å². The van der Waals surface area contributed by atoms with E-state index in [-0.39, 0.29) is 50.7 Å². The van der Waals surface area contributed by atoms with Crippen LogP contribution in [0.1, 0.15) is 74.3 Å². The van der Waals surface area contributed by atoms with Crippen molar-refractivity contribution < 1.29 is 59.4 Å². The Labute approximate surface area is 318 Å². The summed E-state index contributed by atoms with van der Waals surface area (Å²) in [5, 5.41) is 58.8. The maximum absolute atomic E-state index is 14.2. The topological polar surface area (TPSA) is 207 Å². The normalized spacial score (nSPS) is 13.3. The van der Waals surface area contributed by atoms with Crippen molar-refractivity contribution in [3.8, 4) is 22.4 Å². The number of aliphatic hydroxyl groups is 2. The fourth-order valence-electron chi connectivity index (χ4n) is 6.36. The molecular formula is C39H49FN4O11. The van der Waals surface area contributed by atoms with Crippen molar-refractivity contribution in [3.05, 3.63) is 102 Å². The van der Waals surface area contributed by atoms with Crippen LogP contribution in [0.5, 0.6) is 0 Å². The van der Waals surface area contributed by atoms with Gasteiger partial charge in [0.1, 0.15) is 18.5 Å². The highest BCUT2D eigenvalue weighted by atomic mass is 19.1. The third-order valence-corrected chi connectivity index (χ3v) is 8.72. The summed E-state index contributed by atoms with van der Waals surface area (Å²) in [4.78, 5) is 35.8. The van der Waals surface area contributed by atoms with E-state index in [1.54, 1.807) is 24.3 Å². The van der Waals surface area contributed by atoms with Crippen LogP contribution >= 0.6 is 0 Å². The maximum Gasteiger partial charge on any atom is 0.308 e. The molecule has 3 aromatic carbocycles. The SMILES string of the molecule is CC(C)c1c(C(=O)Nc2ccccc2)c(-c2ccccc2)c(-c2ccc(F)cc2)n1CCC(O)CC(O)CC(=O)OCCCCC(CON(O)O)ON(O)O. The molecule has 0 aliphatic heterocycles. The molecule has 0 radical (unpaired) electrons.